The highest BCUT2D eigenvalue weighted by molar-refractivity contribution is 6.03. The third-order valence-electron chi connectivity index (χ3n) is 5.85. The Hall–Kier alpha value is -2.95. The first-order valence-electron chi connectivity index (χ1n) is 10.1. The van der Waals surface area contributed by atoms with E-state index in [1.54, 1.807) is 0 Å². The Kier molecular flexibility index (Phi) is 4.43. The summed E-state index contributed by atoms with van der Waals surface area (Å²) in [7, 11) is 0. The van der Waals surface area contributed by atoms with Crippen LogP contribution in [-0.2, 0) is 25.7 Å². The summed E-state index contributed by atoms with van der Waals surface area (Å²) < 4.78 is 5.71. The molecule has 1 heterocycles. The van der Waals surface area contributed by atoms with Crippen LogP contribution in [0, 0.1) is 0 Å². The number of nitrogens with zero attached hydrogens (tertiary/aromatic N) is 2. The van der Waals surface area contributed by atoms with Crippen LogP contribution in [-0.4, -0.2) is 16.1 Å². The molecule has 5 rings (SSSR count). The third-order valence-corrected chi connectivity index (χ3v) is 5.85. The summed E-state index contributed by atoms with van der Waals surface area (Å²) >= 11 is 0. The van der Waals surface area contributed by atoms with Crippen molar-refractivity contribution < 1.29 is 9.21 Å². The number of nitrogens with one attached hydrogen (secondary N) is 1. The van der Waals surface area contributed by atoms with Crippen molar-refractivity contribution in [3.8, 4) is 11.5 Å². The number of carbonyl (C=O) groups excluding carboxylic acids is 1. The minimum Gasteiger partial charge on any atom is -0.403 e. The monoisotopic (exact) mass is 373 g/mol. The molecular formula is C23H23N3O2. The Labute approximate surface area is 164 Å². The van der Waals surface area contributed by atoms with E-state index in [9.17, 15) is 4.79 Å². The minimum absolute atomic E-state index is 0.135. The Balaban J connectivity index is 1.33. The highest BCUT2D eigenvalue weighted by Gasteiger charge is 2.17. The average molecular weight is 373 g/mol. The standard InChI is InChI=1S/C23H23N3O2/c27-21(19-11-9-15-5-1-3-7-17(15)13-19)24-23-26-25-22(28-23)20-12-10-16-6-2-4-8-18(16)14-20/h9-14H,1-8H2,(H,24,26,27). The van der Waals surface area contributed by atoms with Gasteiger partial charge in [-0.05, 0) is 97.9 Å². The number of amides is 1. The van der Waals surface area contributed by atoms with E-state index in [4.69, 9.17) is 4.42 Å². The largest absolute Gasteiger partial charge is 0.403 e. The SMILES string of the molecule is O=C(Nc1nnc(-c2ccc3c(c2)CCCC3)o1)c1ccc2c(c1)CCCC2. The molecule has 5 heteroatoms. The fraction of sp³-hybridized carbons (Fsp3) is 0.348. The van der Waals surface area contributed by atoms with Gasteiger partial charge in [-0.1, -0.05) is 17.2 Å². The highest BCUT2D eigenvalue weighted by Crippen LogP contribution is 2.28. The van der Waals surface area contributed by atoms with Gasteiger partial charge in [0.1, 0.15) is 0 Å². The predicted molar refractivity (Wildman–Crippen MR) is 107 cm³/mol. The van der Waals surface area contributed by atoms with Crippen LogP contribution in [0.25, 0.3) is 11.5 Å². The van der Waals surface area contributed by atoms with Gasteiger partial charge in [-0.2, -0.15) is 0 Å². The van der Waals surface area contributed by atoms with Crippen molar-refractivity contribution in [2.75, 3.05) is 5.32 Å². The molecule has 0 saturated carbocycles. The molecule has 0 bridgehead atoms. The van der Waals surface area contributed by atoms with Crippen LogP contribution in [0.1, 0.15) is 58.3 Å². The summed E-state index contributed by atoms with van der Waals surface area (Å²) in [6, 6.07) is 12.4. The molecule has 2 aliphatic carbocycles. The van der Waals surface area contributed by atoms with E-state index in [1.165, 1.54) is 47.9 Å². The van der Waals surface area contributed by atoms with Gasteiger partial charge >= 0.3 is 6.01 Å². The van der Waals surface area contributed by atoms with Gasteiger partial charge in [-0.15, -0.1) is 5.10 Å². The molecule has 0 unspecified atom stereocenters. The zero-order valence-corrected chi connectivity index (χ0v) is 15.8. The van der Waals surface area contributed by atoms with Crippen LogP contribution in [0.2, 0.25) is 0 Å². The number of hydrogen-bond acceptors (Lipinski definition) is 4. The highest BCUT2D eigenvalue weighted by atomic mass is 16.4. The maximum atomic E-state index is 12.6. The van der Waals surface area contributed by atoms with E-state index >= 15 is 0 Å². The Bertz CT molecular complexity index is 1040. The molecule has 1 aromatic heterocycles. The van der Waals surface area contributed by atoms with Crippen molar-refractivity contribution in [1.82, 2.24) is 10.2 Å². The van der Waals surface area contributed by atoms with E-state index in [2.05, 4.69) is 33.7 Å². The quantitative estimate of drug-likeness (QED) is 0.720. The molecule has 3 aromatic rings. The topological polar surface area (TPSA) is 68.0 Å². The van der Waals surface area contributed by atoms with Gasteiger partial charge in [-0.3, -0.25) is 10.1 Å². The van der Waals surface area contributed by atoms with Crippen molar-refractivity contribution in [3.05, 3.63) is 64.2 Å². The van der Waals surface area contributed by atoms with Crippen LogP contribution in [0.5, 0.6) is 0 Å². The second-order valence-electron chi connectivity index (χ2n) is 7.75. The maximum absolute atomic E-state index is 12.6. The molecule has 5 nitrogen and oxygen atoms in total. The Morgan fingerprint density at radius 2 is 1.43 bits per heavy atom. The van der Waals surface area contributed by atoms with Crippen LogP contribution < -0.4 is 5.32 Å². The molecule has 2 aromatic carbocycles. The Morgan fingerprint density at radius 3 is 2.18 bits per heavy atom. The number of rotatable bonds is 3. The lowest BCUT2D eigenvalue weighted by Gasteiger charge is -2.16. The van der Waals surface area contributed by atoms with Gasteiger partial charge in [0.05, 0.1) is 0 Å². The van der Waals surface area contributed by atoms with Crippen LogP contribution in [0.4, 0.5) is 6.01 Å². The summed E-state index contributed by atoms with van der Waals surface area (Å²) in [6.45, 7) is 0. The van der Waals surface area contributed by atoms with Gasteiger partial charge in [-0.25, -0.2) is 0 Å². The molecule has 2 aliphatic rings. The zero-order valence-electron chi connectivity index (χ0n) is 15.8. The normalized spacial score (nSPS) is 15.6. The van der Waals surface area contributed by atoms with Crippen LogP contribution in [0.15, 0.2) is 40.8 Å². The number of carbonyl (C=O) groups is 1. The molecular weight excluding hydrogens is 350 g/mol. The van der Waals surface area contributed by atoms with E-state index in [0.717, 1.165) is 31.2 Å². The van der Waals surface area contributed by atoms with Gasteiger partial charge in [0.25, 0.3) is 5.91 Å². The van der Waals surface area contributed by atoms with E-state index in [1.807, 2.05) is 18.2 Å². The smallest absolute Gasteiger partial charge is 0.322 e. The van der Waals surface area contributed by atoms with Crippen molar-refractivity contribution >= 4 is 11.9 Å². The number of aryl methyl sites for hydroxylation is 4. The van der Waals surface area contributed by atoms with Crippen molar-refractivity contribution in [3.63, 3.8) is 0 Å². The molecule has 0 aliphatic heterocycles. The molecule has 28 heavy (non-hydrogen) atoms. The zero-order chi connectivity index (χ0) is 18.9. The summed E-state index contributed by atoms with van der Waals surface area (Å²) in [5.74, 6) is 0.225. The maximum Gasteiger partial charge on any atom is 0.322 e. The number of anilines is 1. The lowest BCUT2D eigenvalue weighted by molar-refractivity contribution is 0.102. The minimum atomic E-state index is -0.214. The first kappa shape index (κ1) is 17.2. The molecule has 0 radical (unpaired) electrons. The molecule has 0 saturated heterocycles. The number of hydrogen-bond donors (Lipinski definition) is 1. The van der Waals surface area contributed by atoms with E-state index in [0.29, 0.717) is 11.5 Å². The second kappa shape index (κ2) is 7.23. The third kappa shape index (κ3) is 3.33. The predicted octanol–water partition coefficient (Wildman–Crippen LogP) is 4.75. The number of benzene rings is 2. The molecule has 0 fully saturated rings. The first-order chi connectivity index (χ1) is 13.8. The van der Waals surface area contributed by atoms with Crippen molar-refractivity contribution in [2.45, 2.75) is 51.4 Å². The lowest BCUT2D eigenvalue weighted by atomic mass is 9.90. The van der Waals surface area contributed by atoms with Crippen molar-refractivity contribution in [2.24, 2.45) is 0 Å². The molecule has 142 valence electrons. The van der Waals surface area contributed by atoms with Gasteiger partial charge in [0.2, 0.25) is 5.89 Å². The van der Waals surface area contributed by atoms with Crippen molar-refractivity contribution in [1.29, 1.82) is 0 Å². The second-order valence-corrected chi connectivity index (χ2v) is 7.75. The first-order valence-corrected chi connectivity index (χ1v) is 10.1. The van der Waals surface area contributed by atoms with Gasteiger partial charge in [0, 0.05) is 11.1 Å². The average Bonchev–Trinajstić information content (AvgIpc) is 3.21. The van der Waals surface area contributed by atoms with Crippen LogP contribution in [0.3, 0.4) is 0 Å². The summed E-state index contributed by atoms with van der Waals surface area (Å²) in [6.07, 6.45) is 9.28. The summed E-state index contributed by atoms with van der Waals surface area (Å²) in [5.41, 5.74) is 6.95. The van der Waals surface area contributed by atoms with Crippen LogP contribution >= 0.6 is 0 Å². The number of fused-ring (bicyclic) bond motifs is 2. The fourth-order valence-electron chi connectivity index (χ4n) is 4.30. The van der Waals surface area contributed by atoms with Gasteiger partial charge in [0.15, 0.2) is 0 Å². The van der Waals surface area contributed by atoms with E-state index < -0.39 is 0 Å². The van der Waals surface area contributed by atoms with Gasteiger partial charge < -0.3 is 4.42 Å². The Morgan fingerprint density at radius 1 is 0.786 bits per heavy atom. The number of aromatic nitrogens is 2. The molecule has 1 amide bonds. The molecule has 0 spiro atoms. The van der Waals surface area contributed by atoms with E-state index in [-0.39, 0.29) is 11.9 Å². The molecule has 1 N–H and O–H groups in total. The fourth-order valence-corrected chi connectivity index (χ4v) is 4.30. The summed E-state index contributed by atoms with van der Waals surface area (Å²) in [5, 5.41) is 10.9. The summed E-state index contributed by atoms with van der Waals surface area (Å²) in [4.78, 5) is 12.6. The lowest BCUT2D eigenvalue weighted by Crippen LogP contribution is -2.13. The molecule has 0 atom stereocenters.